The average Bonchev–Trinajstić information content (AvgIpc) is 2.77. The van der Waals surface area contributed by atoms with Gasteiger partial charge in [-0.3, -0.25) is 14.2 Å². The Kier molecular flexibility index (Phi) is 7.83. The fraction of sp³-hybridized carbons (Fsp3) is 0.208. The Hall–Kier alpha value is -3.39. The maximum Gasteiger partial charge on any atom is 0.305 e. The van der Waals surface area contributed by atoms with Crippen molar-refractivity contribution in [3.8, 4) is 11.5 Å². The number of carboxylic acid groups (broad SMARTS) is 1. The Morgan fingerprint density at radius 1 is 1.25 bits per heavy atom. The number of fused-ring (bicyclic) bond motifs is 1. The molecular weight excluding hydrogens is 476 g/mol. The molecule has 0 unspecified atom stereocenters. The van der Waals surface area contributed by atoms with E-state index in [0.717, 1.165) is 5.56 Å². The van der Waals surface area contributed by atoms with Crippen molar-refractivity contribution in [1.82, 2.24) is 9.55 Å². The zero-order valence-electron chi connectivity index (χ0n) is 17.6. The number of benzene rings is 2. The van der Waals surface area contributed by atoms with Crippen LogP contribution in [0.4, 0.5) is 0 Å². The summed E-state index contributed by atoms with van der Waals surface area (Å²) in [4.78, 5) is 28.6. The highest BCUT2D eigenvalue weighted by Crippen LogP contribution is 2.37. The summed E-state index contributed by atoms with van der Waals surface area (Å²) in [5, 5.41) is 9.53. The Bertz CT molecular complexity index is 1230. The van der Waals surface area contributed by atoms with E-state index < -0.39 is 5.97 Å². The van der Waals surface area contributed by atoms with Gasteiger partial charge in [0.15, 0.2) is 11.5 Å². The number of carboxylic acids is 1. The van der Waals surface area contributed by atoms with Gasteiger partial charge in [0.05, 0.1) is 28.4 Å². The van der Waals surface area contributed by atoms with Crippen molar-refractivity contribution in [2.75, 3.05) is 13.2 Å². The van der Waals surface area contributed by atoms with E-state index in [9.17, 15) is 9.59 Å². The molecule has 0 atom stereocenters. The second kappa shape index (κ2) is 10.8. The minimum Gasteiger partial charge on any atom is -0.490 e. The lowest BCUT2D eigenvalue weighted by molar-refractivity contribution is -0.137. The zero-order chi connectivity index (χ0) is 23.1. The SMILES string of the molecule is C=CCOc1c(Br)cc(/C=C/c2nc3ccccc3c(=O)n2CCC(=O)O)cc1OCC. The summed E-state index contributed by atoms with van der Waals surface area (Å²) < 4.78 is 13.5. The minimum atomic E-state index is -0.986. The normalized spacial score (nSPS) is 11.1. The first kappa shape index (κ1) is 23.3. The van der Waals surface area contributed by atoms with E-state index in [1.807, 2.05) is 19.1 Å². The molecule has 0 saturated carbocycles. The van der Waals surface area contributed by atoms with Crippen LogP contribution >= 0.6 is 15.9 Å². The number of aromatic nitrogens is 2. The lowest BCUT2D eigenvalue weighted by Gasteiger charge is -2.14. The topological polar surface area (TPSA) is 90.7 Å². The fourth-order valence-electron chi connectivity index (χ4n) is 3.14. The predicted octanol–water partition coefficient (Wildman–Crippen LogP) is 4.77. The van der Waals surface area contributed by atoms with Gasteiger partial charge in [-0.1, -0.05) is 30.9 Å². The average molecular weight is 499 g/mol. The van der Waals surface area contributed by atoms with Gasteiger partial charge in [-0.05, 0) is 58.8 Å². The predicted molar refractivity (Wildman–Crippen MR) is 128 cm³/mol. The summed E-state index contributed by atoms with van der Waals surface area (Å²) in [6, 6.07) is 10.7. The van der Waals surface area contributed by atoms with Gasteiger partial charge in [-0.2, -0.15) is 0 Å². The van der Waals surface area contributed by atoms with Crippen LogP contribution in [0.5, 0.6) is 11.5 Å². The van der Waals surface area contributed by atoms with E-state index in [4.69, 9.17) is 14.6 Å². The van der Waals surface area contributed by atoms with Crippen LogP contribution in [-0.2, 0) is 11.3 Å². The Balaban J connectivity index is 2.05. The van der Waals surface area contributed by atoms with Crippen molar-refractivity contribution in [3.05, 3.63) is 75.3 Å². The molecule has 0 amide bonds. The number of ether oxygens (including phenoxy) is 2. The van der Waals surface area contributed by atoms with E-state index >= 15 is 0 Å². The molecule has 0 saturated heterocycles. The van der Waals surface area contributed by atoms with Gasteiger partial charge in [0.2, 0.25) is 0 Å². The summed E-state index contributed by atoms with van der Waals surface area (Å²) in [7, 11) is 0. The van der Waals surface area contributed by atoms with Crippen LogP contribution in [0.15, 0.2) is 58.3 Å². The van der Waals surface area contributed by atoms with E-state index in [1.165, 1.54) is 4.57 Å². The van der Waals surface area contributed by atoms with Gasteiger partial charge in [0.25, 0.3) is 5.56 Å². The van der Waals surface area contributed by atoms with Crippen molar-refractivity contribution in [1.29, 1.82) is 0 Å². The molecule has 0 aliphatic rings. The van der Waals surface area contributed by atoms with Crippen LogP contribution in [0.1, 0.15) is 24.7 Å². The molecule has 1 heterocycles. The molecule has 0 aliphatic heterocycles. The number of rotatable bonds is 10. The van der Waals surface area contributed by atoms with Gasteiger partial charge >= 0.3 is 5.97 Å². The number of para-hydroxylation sites is 1. The minimum absolute atomic E-state index is 0.0217. The second-order valence-corrected chi connectivity index (χ2v) is 7.64. The summed E-state index contributed by atoms with van der Waals surface area (Å²) in [6.07, 6.45) is 4.95. The van der Waals surface area contributed by atoms with Crippen molar-refractivity contribution < 1.29 is 19.4 Å². The molecule has 7 nitrogen and oxygen atoms in total. The summed E-state index contributed by atoms with van der Waals surface area (Å²) in [5.74, 6) is 0.528. The number of nitrogens with zero attached hydrogens (tertiary/aromatic N) is 2. The van der Waals surface area contributed by atoms with Crippen LogP contribution in [0, 0.1) is 0 Å². The molecule has 0 radical (unpaired) electrons. The molecule has 0 fully saturated rings. The van der Waals surface area contributed by atoms with Crippen molar-refractivity contribution in [2.45, 2.75) is 19.9 Å². The standard InChI is InChI=1S/C24H23BrN2O5/c1-3-13-32-23-18(25)14-16(15-20(23)31-4-2)9-10-21-26-19-8-6-5-7-17(19)24(30)27(21)12-11-22(28)29/h3,5-10,14-15H,1,4,11-13H2,2H3,(H,28,29)/b10-9+. The smallest absolute Gasteiger partial charge is 0.305 e. The molecule has 1 aromatic heterocycles. The maximum absolute atomic E-state index is 13.0. The quantitative estimate of drug-likeness (QED) is 0.405. The Morgan fingerprint density at radius 3 is 2.75 bits per heavy atom. The summed E-state index contributed by atoms with van der Waals surface area (Å²) in [5.41, 5.74) is 1.06. The fourth-order valence-corrected chi connectivity index (χ4v) is 3.71. The van der Waals surface area contributed by atoms with E-state index in [1.54, 1.807) is 42.5 Å². The Morgan fingerprint density at radius 2 is 2.03 bits per heavy atom. The molecular formula is C24H23BrN2O5. The second-order valence-electron chi connectivity index (χ2n) is 6.78. The molecule has 166 valence electrons. The van der Waals surface area contributed by atoms with Gasteiger partial charge in [-0.15, -0.1) is 0 Å². The maximum atomic E-state index is 13.0. The van der Waals surface area contributed by atoms with E-state index in [-0.39, 0.29) is 18.5 Å². The van der Waals surface area contributed by atoms with Gasteiger partial charge in [-0.25, -0.2) is 4.98 Å². The summed E-state index contributed by atoms with van der Waals surface area (Å²) in [6.45, 7) is 6.37. The Labute approximate surface area is 193 Å². The lowest BCUT2D eigenvalue weighted by Crippen LogP contribution is -2.25. The molecule has 3 aromatic rings. The van der Waals surface area contributed by atoms with Crippen LogP contribution in [0.25, 0.3) is 23.1 Å². The molecule has 3 rings (SSSR count). The van der Waals surface area contributed by atoms with Crippen LogP contribution in [0.2, 0.25) is 0 Å². The van der Waals surface area contributed by atoms with Gasteiger partial charge in [0, 0.05) is 6.54 Å². The van der Waals surface area contributed by atoms with E-state index in [0.29, 0.717) is 45.9 Å². The highest BCUT2D eigenvalue weighted by atomic mass is 79.9. The lowest BCUT2D eigenvalue weighted by atomic mass is 10.1. The number of hydrogen-bond acceptors (Lipinski definition) is 5. The molecule has 0 spiro atoms. The highest BCUT2D eigenvalue weighted by molar-refractivity contribution is 9.10. The first-order valence-electron chi connectivity index (χ1n) is 10.0. The molecule has 0 bridgehead atoms. The molecule has 0 aliphatic carbocycles. The molecule has 32 heavy (non-hydrogen) atoms. The molecule has 1 N–H and O–H groups in total. The van der Waals surface area contributed by atoms with Crippen molar-refractivity contribution >= 4 is 45.0 Å². The zero-order valence-corrected chi connectivity index (χ0v) is 19.2. The van der Waals surface area contributed by atoms with Gasteiger partial charge < -0.3 is 14.6 Å². The first-order valence-corrected chi connectivity index (χ1v) is 10.8. The number of halogens is 1. The van der Waals surface area contributed by atoms with Crippen LogP contribution in [-0.4, -0.2) is 33.8 Å². The number of carbonyl (C=O) groups is 1. The summed E-state index contributed by atoms with van der Waals surface area (Å²) >= 11 is 3.51. The van der Waals surface area contributed by atoms with Crippen LogP contribution < -0.4 is 15.0 Å². The van der Waals surface area contributed by atoms with Crippen LogP contribution in [0.3, 0.4) is 0 Å². The third kappa shape index (κ3) is 5.45. The van der Waals surface area contributed by atoms with Crippen molar-refractivity contribution in [3.63, 3.8) is 0 Å². The largest absolute Gasteiger partial charge is 0.490 e. The van der Waals surface area contributed by atoms with E-state index in [2.05, 4.69) is 27.5 Å². The highest BCUT2D eigenvalue weighted by Gasteiger charge is 2.13. The number of hydrogen-bond donors (Lipinski definition) is 1. The van der Waals surface area contributed by atoms with Crippen molar-refractivity contribution in [2.24, 2.45) is 0 Å². The molecule has 2 aromatic carbocycles. The first-order chi connectivity index (χ1) is 15.4. The van der Waals surface area contributed by atoms with Gasteiger partial charge in [0.1, 0.15) is 12.4 Å². The third-order valence-corrected chi connectivity index (χ3v) is 5.13. The third-order valence-electron chi connectivity index (χ3n) is 4.54. The number of aliphatic carboxylic acids is 1. The monoisotopic (exact) mass is 498 g/mol. The molecule has 8 heteroatoms.